The van der Waals surface area contributed by atoms with Crippen LogP contribution in [-0.4, -0.2) is 25.2 Å². The van der Waals surface area contributed by atoms with E-state index in [9.17, 15) is 4.79 Å². The molecule has 0 unspecified atom stereocenters. The van der Waals surface area contributed by atoms with Crippen molar-refractivity contribution >= 4 is 16.9 Å². The Bertz CT molecular complexity index is 828. The molecule has 0 aliphatic carbocycles. The van der Waals surface area contributed by atoms with Crippen molar-refractivity contribution in [2.75, 3.05) is 14.2 Å². The summed E-state index contributed by atoms with van der Waals surface area (Å²) in [6, 6.07) is 17.3. The normalized spacial score (nSPS) is 10.5. The van der Waals surface area contributed by atoms with Crippen molar-refractivity contribution < 1.29 is 14.3 Å². The van der Waals surface area contributed by atoms with Crippen LogP contribution < -0.4 is 4.74 Å². The van der Waals surface area contributed by atoms with Gasteiger partial charge in [0.1, 0.15) is 11.4 Å². The molecule has 110 valence electrons. The highest BCUT2D eigenvalue weighted by Gasteiger charge is 2.14. The van der Waals surface area contributed by atoms with E-state index in [1.54, 1.807) is 13.2 Å². The van der Waals surface area contributed by atoms with Crippen LogP contribution in [0.25, 0.3) is 22.0 Å². The zero-order chi connectivity index (χ0) is 15.5. The first-order chi connectivity index (χ1) is 10.7. The van der Waals surface area contributed by atoms with E-state index in [-0.39, 0.29) is 5.69 Å². The summed E-state index contributed by atoms with van der Waals surface area (Å²) in [5.41, 5.74) is 2.93. The molecule has 1 heterocycles. The van der Waals surface area contributed by atoms with E-state index in [0.717, 1.165) is 16.5 Å². The molecule has 2 aromatic carbocycles. The Kier molecular flexibility index (Phi) is 3.74. The quantitative estimate of drug-likeness (QED) is 0.691. The average molecular weight is 293 g/mol. The van der Waals surface area contributed by atoms with Gasteiger partial charge in [0, 0.05) is 11.5 Å². The van der Waals surface area contributed by atoms with Crippen LogP contribution in [0.15, 0.2) is 54.6 Å². The van der Waals surface area contributed by atoms with Crippen LogP contribution in [-0.2, 0) is 4.74 Å². The molecule has 4 nitrogen and oxygen atoms in total. The third-order valence-electron chi connectivity index (χ3n) is 3.50. The molecule has 3 aromatic rings. The lowest BCUT2D eigenvalue weighted by atomic mass is 10.00. The van der Waals surface area contributed by atoms with Crippen molar-refractivity contribution in [3.05, 3.63) is 60.3 Å². The number of esters is 1. The molecule has 0 amide bonds. The van der Waals surface area contributed by atoms with Crippen LogP contribution in [0.2, 0.25) is 0 Å². The number of rotatable bonds is 3. The van der Waals surface area contributed by atoms with Crippen molar-refractivity contribution in [3.63, 3.8) is 0 Å². The summed E-state index contributed by atoms with van der Waals surface area (Å²) >= 11 is 0. The Labute approximate surface area is 128 Å². The summed E-state index contributed by atoms with van der Waals surface area (Å²) in [7, 11) is 2.95. The van der Waals surface area contributed by atoms with Crippen molar-refractivity contribution in [2.24, 2.45) is 0 Å². The first-order valence-electron chi connectivity index (χ1n) is 6.85. The number of carbonyl (C=O) groups is 1. The topological polar surface area (TPSA) is 48.4 Å². The zero-order valence-electron chi connectivity index (χ0n) is 12.4. The molecule has 0 saturated carbocycles. The highest BCUT2D eigenvalue weighted by Crippen LogP contribution is 2.30. The van der Waals surface area contributed by atoms with E-state index >= 15 is 0 Å². The highest BCUT2D eigenvalue weighted by molar-refractivity contribution is 6.00. The van der Waals surface area contributed by atoms with E-state index in [0.29, 0.717) is 11.3 Å². The van der Waals surface area contributed by atoms with Gasteiger partial charge in [0.25, 0.3) is 0 Å². The van der Waals surface area contributed by atoms with E-state index in [1.807, 2.05) is 48.5 Å². The van der Waals surface area contributed by atoms with Gasteiger partial charge in [-0.15, -0.1) is 0 Å². The number of fused-ring (bicyclic) bond motifs is 1. The minimum Gasteiger partial charge on any atom is -0.497 e. The first kappa shape index (κ1) is 14.1. The molecule has 22 heavy (non-hydrogen) atoms. The summed E-state index contributed by atoms with van der Waals surface area (Å²) in [5.74, 6) is 0.239. The maximum Gasteiger partial charge on any atom is 0.356 e. The fourth-order valence-electron chi connectivity index (χ4n) is 2.40. The van der Waals surface area contributed by atoms with Crippen molar-refractivity contribution in [1.82, 2.24) is 4.98 Å². The minimum absolute atomic E-state index is 0.280. The molecule has 0 aliphatic heterocycles. The van der Waals surface area contributed by atoms with E-state index in [2.05, 4.69) is 4.98 Å². The molecule has 0 saturated heterocycles. The molecule has 0 atom stereocenters. The van der Waals surface area contributed by atoms with E-state index < -0.39 is 5.97 Å². The third kappa shape index (κ3) is 2.51. The molecular weight excluding hydrogens is 278 g/mol. The number of hydrogen-bond donors (Lipinski definition) is 0. The molecule has 0 radical (unpaired) electrons. The Morgan fingerprint density at radius 1 is 1.00 bits per heavy atom. The number of benzene rings is 2. The summed E-state index contributed by atoms with van der Waals surface area (Å²) < 4.78 is 10.0. The molecule has 0 bridgehead atoms. The van der Waals surface area contributed by atoms with Crippen LogP contribution >= 0.6 is 0 Å². The number of aromatic nitrogens is 1. The maximum atomic E-state index is 11.9. The van der Waals surface area contributed by atoms with Crippen LogP contribution in [0.5, 0.6) is 5.75 Å². The van der Waals surface area contributed by atoms with Gasteiger partial charge >= 0.3 is 5.97 Å². The van der Waals surface area contributed by atoms with Gasteiger partial charge in [-0.05, 0) is 29.3 Å². The lowest BCUT2D eigenvalue weighted by molar-refractivity contribution is 0.0594. The third-order valence-corrected chi connectivity index (χ3v) is 3.50. The smallest absolute Gasteiger partial charge is 0.356 e. The number of carbonyl (C=O) groups excluding carboxylic acids is 1. The largest absolute Gasteiger partial charge is 0.497 e. The number of nitrogens with zero attached hydrogens (tertiary/aromatic N) is 1. The second-order valence-electron chi connectivity index (χ2n) is 4.80. The lowest BCUT2D eigenvalue weighted by Crippen LogP contribution is -2.05. The Morgan fingerprint density at radius 3 is 2.45 bits per heavy atom. The van der Waals surface area contributed by atoms with Gasteiger partial charge in [-0.25, -0.2) is 9.78 Å². The van der Waals surface area contributed by atoms with Gasteiger partial charge in [-0.1, -0.05) is 30.3 Å². The summed E-state index contributed by atoms with van der Waals surface area (Å²) in [6.45, 7) is 0. The second-order valence-corrected chi connectivity index (χ2v) is 4.80. The van der Waals surface area contributed by atoms with Crippen LogP contribution in [0.4, 0.5) is 0 Å². The predicted octanol–water partition coefficient (Wildman–Crippen LogP) is 3.70. The Balaban J connectivity index is 2.30. The molecule has 0 N–H and O–H groups in total. The fraction of sp³-hybridized carbons (Fsp3) is 0.111. The molecule has 0 aliphatic rings. The van der Waals surface area contributed by atoms with Gasteiger partial charge in [-0.3, -0.25) is 0 Å². The van der Waals surface area contributed by atoms with E-state index in [1.165, 1.54) is 7.11 Å². The highest BCUT2D eigenvalue weighted by atomic mass is 16.5. The Hall–Kier alpha value is -2.88. The molecule has 3 rings (SSSR count). The zero-order valence-corrected chi connectivity index (χ0v) is 12.4. The fourth-order valence-corrected chi connectivity index (χ4v) is 2.40. The molecule has 0 fully saturated rings. The van der Waals surface area contributed by atoms with Crippen LogP contribution in [0.1, 0.15) is 10.5 Å². The van der Waals surface area contributed by atoms with Gasteiger partial charge in [0.05, 0.1) is 19.7 Å². The lowest BCUT2D eigenvalue weighted by Gasteiger charge is -2.10. The van der Waals surface area contributed by atoms with Crippen molar-refractivity contribution in [3.8, 4) is 16.9 Å². The average Bonchev–Trinajstić information content (AvgIpc) is 2.60. The van der Waals surface area contributed by atoms with Crippen molar-refractivity contribution in [2.45, 2.75) is 0 Å². The summed E-state index contributed by atoms with van der Waals surface area (Å²) in [5, 5.41) is 0.958. The standard InChI is InChI=1S/C18H15NO3/c1-21-13-8-9-14-15(12-6-4-3-5-7-12)11-17(18(20)22-2)19-16(14)10-13/h3-11H,1-2H3. The molecule has 1 aromatic heterocycles. The summed E-state index contributed by atoms with van der Waals surface area (Å²) in [4.78, 5) is 16.3. The SMILES string of the molecule is COC(=O)c1cc(-c2ccccc2)c2ccc(OC)cc2n1. The molecule has 0 spiro atoms. The maximum absolute atomic E-state index is 11.9. The number of ether oxygens (including phenoxy) is 2. The number of methoxy groups -OCH3 is 2. The monoisotopic (exact) mass is 293 g/mol. The van der Waals surface area contributed by atoms with Crippen LogP contribution in [0, 0.1) is 0 Å². The number of hydrogen-bond acceptors (Lipinski definition) is 4. The van der Waals surface area contributed by atoms with Gasteiger partial charge in [-0.2, -0.15) is 0 Å². The minimum atomic E-state index is -0.457. The van der Waals surface area contributed by atoms with Gasteiger partial charge in [0.2, 0.25) is 0 Å². The predicted molar refractivity (Wildman–Crippen MR) is 85.1 cm³/mol. The molecular formula is C18H15NO3. The second kappa shape index (κ2) is 5.85. The van der Waals surface area contributed by atoms with E-state index in [4.69, 9.17) is 9.47 Å². The van der Waals surface area contributed by atoms with Crippen molar-refractivity contribution in [1.29, 1.82) is 0 Å². The molecule has 4 heteroatoms. The van der Waals surface area contributed by atoms with Crippen LogP contribution in [0.3, 0.4) is 0 Å². The Morgan fingerprint density at radius 2 is 1.77 bits per heavy atom. The first-order valence-corrected chi connectivity index (χ1v) is 6.85. The van der Waals surface area contributed by atoms with Gasteiger partial charge in [0.15, 0.2) is 0 Å². The number of pyridine rings is 1. The van der Waals surface area contributed by atoms with Gasteiger partial charge < -0.3 is 9.47 Å². The summed E-state index contributed by atoms with van der Waals surface area (Å²) in [6.07, 6.45) is 0.